The summed E-state index contributed by atoms with van der Waals surface area (Å²) in [5.41, 5.74) is 2.14. The van der Waals surface area contributed by atoms with Gasteiger partial charge in [0, 0.05) is 6.92 Å². The van der Waals surface area contributed by atoms with Crippen LogP contribution in [0.1, 0.15) is 23.0 Å². The number of rotatable bonds is 4. The Bertz CT molecular complexity index is 961. The maximum absolute atomic E-state index is 12.3. The van der Waals surface area contributed by atoms with Crippen LogP contribution in [0.5, 0.6) is 0 Å². The molecule has 6 nitrogen and oxygen atoms in total. The number of hydrogen-bond acceptors (Lipinski definition) is 4. The van der Waals surface area contributed by atoms with E-state index < -0.39 is 4.92 Å². The van der Waals surface area contributed by atoms with E-state index in [0.29, 0.717) is 28.3 Å². The van der Waals surface area contributed by atoms with Crippen LogP contribution in [-0.2, 0) is 7.05 Å². The fourth-order valence-electron chi connectivity index (χ4n) is 3.11. The normalized spacial score (nSPS) is 10.7. The van der Waals surface area contributed by atoms with Crippen LogP contribution in [0.15, 0.2) is 53.1 Å². The third-order valence-electron chi connectivity index (χ3n) is 4.26. The van der Waals surface area contributed by atoms with Crippen molar-refractivity contribution >= 4 is 11.5 Å². The van der Waals surface area contributed by atoms with Crippen molar-refractivity contribution < 1.29 is 18.7 Å². The van der Waals surface area contributed by atoms with Crippen LogP contribution in [0.25, 0.3) is 22.6 Å². The number of carbonyl (C=O) groups excluding carboxylic acids is 1. The first-order valence-corrected chi connectivity index (χ1v) is 7.74. The van der Waals surface area contributed by atoms with Crippen molar-refractivity contribution in [3.05, 3.63) is 70.1 Å². The van der Waals surface area contributed by atoms with Gasteiger partial charge in [0.25, 0.3) is 5.69 Å². The molecule has 6 heteroatoms. The van der Waals surface area contributed by atoms with E-state index in [1.165, 1.54) is 13.2 Å². The number of nitro groups is 1. The second-order valence-corrected chi connectivity index (χ2v) is 5.75. The lowest BCUT2D eigenvalue weighted by molar-refractivity contribution is -0.669. The topological polar surface area (TPSA) is 77.2 Å². The lowest BCUT2D eigenvalue weighted by Gasteiger charge is -2.12. The van der Waals surface area contributed by atoms with Crippen molar-refractivity contribution in [3.63, 3.8) is 0 Å². The van der Waals surface area contributed by atoms with Crippen LogP contribution in [-0.4, -0.2) is 10.7 Å². The van der Waals surface area contributed by atoms with Crippen LogP contribution >= 0.6 is 0 Å². The zero-order chi connectivity index (χ0) is 18.1. The zero-order valence-corrected chi connectivity index (χ0v) is 14.1. The first kappa shape index (κ1) is 16.6. The van der Waals surface area contributed by atoms with Crippen molar-refractivity contribution in [3.8, 4) is 22.6 Å². The number of nitrogens with zero attached hydrogens (tertiary/aromatic N) is 2. The van der Waals surface area contributed by atoms with E-state index in [0.717, 1.165) is 0 Å². The maximum atomic E-state index is 12.3. The molecular weight excluding hydrogens is 320 g/mol. The molecule has 3 rings (SSSR count). The van der Waals surface area contributed by atoms with Crippen molar-refractivity contribution in [2.75, 3.05) is 0 Å². The van der Waals surface area contributed by atoms with Crippen LogP contribution in [0, 0.1) is 17.0 Å². The minimum absolute atomic E-state index is 0.139. The minimum atomic E-state index is -0.452. The average Bonchev–Trinajstić information content (AvgIpc) is 3.11. The molecule has 0 aliphatic rings. The smallest absolute Gasteiger partial charge is 0.352 e. The Kier molecular flexibility index (Phi) is 4.19. The molecule has 0 amide bonds. The summed E-state index contributed by atoms with van der Waals surface area (Å²) >= 11 is 0. The molecule has 0 aliphatic heterocycles. The van der Waals surface area contributed by atoms with E-state index >= 15 is 0 Å². The lowest BCUT2D eigenvalue weighted by atomic mass is 9.95. The van der Waals surface area contributed by atoms with Gasteiger partial charge in [-0.1, -0.05) is 18.2 Å². The van der Waals surface area contributed by atoms with Gasteiger partial charge in [0.15, 0.2) is 11.5 Å². The molecule has 0 N–H and O–H groups in total. The summed E-state index contributed by atoms with van der Waals surface area (Å²) in [5.74, 6) is 0.0555. The van der Waals surface area contributed by atoms with Gasteiger partial charge in [-0.2, -0.15) is 4.57 Å². The van der Waals surface area contributed by atoms with Crippen molar-refractivity contribution in [2.45, 2.75) is 13.8 Å². The van der Waals surface area contributed by atoms with Gasteiger partial charge in [-0.3, -0.25) is 14.9 Å². The number of ketones is 1. The van der Waals surface area contributed by atoms with Gasteiger partial charge >= 0.3 is 5.69 Å². The Labute approximate surface area is 144 Å². The minimum Gasteiger partial charge on any atom is -0.464 e. The van der Waals surface area contributed by atoms with Gasteiger partial charge in [-0.15, -0.1) is 0 Å². The monoisotopic (exact) mass is 337 g/mol. The molecule has 2 heterocycles. The summed E-state index contributed by atoms with van der Waals surface area (Å²) in [5, 5.41) is 12.0. The molecule has 0 radical (unpaired) electrons. The number of Topliss-reactive ketones (excluding diaryl/α,β-unsaturated/α-hetero) is 1. The molecular formula is C19H17N2O4+. The summed E-state index contributed by atoms with van der Waals surface area (Å²) in [4.78, 5) is 23.8. The molecule has 0 bridgehead atoms. The van der Waals surface area contributed by atoms with Gasteiger partial charge in [0.05, 0.1) is 16.7 Å². The molecule has 0 atom stereocenters. The maximum Gasteiger partial charge on any atom is 0.352 e. The zero-order valence-electron chi connectivity index (χ0n) is 14.1. The average molecular weight is 337 g/mol. The number of furan rings is 1. The summed E-state index contributed by atoms with van der Waals surface area (Å²) in [7, 11) is 1.73. The number of carbonyl (C=O) groups is 1. The largest absolute Gasteiger partial charge is 0.464 e. The number of benzene rings is 1. The summed E-state index contributed by atoms with van der Waals surface area (Å²) < 4.78 is 7.11. The second-order valence-electron chi connectivity index (χ2n) is 5.75. The van der Waals surface area contributed by atoms with E-state index in [4.69, 9.17) is 4.42 Å². The predicted molar refractivity (Wildman–Crippen MR) is 92.2 cm³/mol. The highest BCUT2D eigenvalue weighted by Crippen LogP contribution is 2.40. The quantitative estimate of drug-likeness (QED) is 0.313. The number of pyridine rings is 1. The molecule has 0 spiro atoms. The highest BCUT2D eigenvalue weighted by molar-refractivity contribution is 6.04. The molecule has 0 aliphatic carbocycles. The van der Waals surface area contributed by atoms with E-state index in [1.54, 1.807) is 42.8 Å². The molecule has 3 aromatic rings. The molecule has 25 heavy (non-hydrogen) atoms. The Morgan fingerprint density at radius 2 is 1.84 bits per heavy atom. The van der Waals surface area contributed by atoms with Crippen LogP contribution in [0.3, 0.4) is 0 Å². The molecule has 1 aromatic carbocycles. The Balaban J connectivity index is 2.54. The van der Waals surface area contributed by atoms with Crippen LogP contribution in [0.4, 0.5) is 5.69 Å². The van der Waals surface area contributed by atoms with Crippen LogP contribution in [0.2, 0.25) is 0 Å². The van der Waals surface area contributed by atoms with E-state index in [-0.39, 0.29) is 17.0 Å². The third-order valence-corrected chi connectivity index (χ3v) is 4.26. The molecule has 2 aromatic heterocycles. The first-order valence-electron chi connectivity index (χ1n) is 7.74. The first-order chi connectivity index (χ1) is 11.9. The lowest BCUT2D eigenvalue weighted by Crippen LogP contribution is -2.38. The molecule has 0 fully saturated rings. The van der Waals surface area contributed by atoms with Gasteiger partial charge in [-0.05, 0) is 31.2 Å². The third kappa shape index (κ3) is 2.71. The standard InChI is InChI=1S/C19H17N2O4/c1-12-16(13(2)22)17(15-10-7-11-25-15)19(21(23)24)18(20(12)3)14-8-5-4-6-9-14/h4-11H,1-3H3/q+1. The van der Waals surface area contributed by atoms with Gasteiger partial charge in [0.2, 0.25) is 0 Å². The fourth-order valence-corrected chi connectivity index (χ4v) is 3.11. The van der Waals surface area contributed by atoms with Gasteiger partial charge < -0.3 is 4.42 Å². The highest BCUT2D eigenvalue weighted by atomic mass is 16.6. The van der Waals surface area contributed by atoms with E-state index in [2.05, 4.69) is 0 Å². The Hall–Kier alpha value is -3.28. The molecule has 0 saturated carbocycles. The molecule has 0 saturated heterocycles. The van der Waals surface area contributed by atoms with Crippen molar-refractivity contribution in [2.24, 2.45) is 7.05 Å². The summed E-state index contributed by atoms with van der Waals surface area (Å²) in [6.45, 7) is 3.18. The summed E-state index contributed by atoms with van der Waals surface area (Å²) in [6.07, 6.45) is 1.44. The molecule has 0 unspecified atom stereocenters. The number of hydrogen-bond donors (Lipinski definition) is 0. The Morgan fingerprint density at radius 3 is 2.36 bits per heavy atom. The fraction of sp³-hybridized carbons (Fsp3) is 0.158. The predicted octanol–water partition coefficient (Wildman–Crippen LogP) is 3.86. The highest BCUT2D eigenvalue weighted by Gasteiger charge is 2.38. The van der Waals surface area contributed by atoms with Crippen molar-refractivity contribution in [1.29, 1.82) is 0 Å². The van der Waals surface area contributed by atoms with E-state index in [1.807, 2.05) is 18.2 Å². The van der Waals surface area contributed by atoms with Gasteiger partial charge in [0.1, 0.15) is 23.9 Å². The SMILES string of the molecule is CC(=O)c1c(-c2ccco2)c([N+](=O)[O-])c(-c2ccccc2)[n+](C)c1C. The van der Waals surface area contributed by atoms with Crippen LogP contribution < -0.4 is 4.57 Å². The summed E-state index contributed by atoms with van der Waals surface area (Å²) in [6, 6.07) is 12.4. The Morgan fingerprint density at radius 1 is 1.16 bits per heavy atom. The molecule has 126 valence electrons. The number of aromatic nitrogens is 1. The van der Waals surface area contributed by atoms with Gasteiger partial charge in [-0.25, -0.2) is 0 Å². The van der Waals surface area contributed by atoms with Crippen molar-refractivity contribution in [1.82, 2.24) is 0 Å². The van der Waals surface area contributed by atoms with E-state index in [9.17, 15) is 14.9 Å². The second kappa shape index (κ2) is 6.32.